The Kier molecular flexibility index (Phi) is 31.9. The number of carbonyl (C=O) groups is 1. The summed E-state index contributed by atoms with van der Waals surface area (Å²) >= 11 is 0. The van der Waals surface area contributed by atoms with Crippen LogP contribution >= 0.6 is 12.4 Å². The molecule has 0 rings (SSSR count). The van der Waals surface area contributed by atoms with Crippen molar-refractivity contribution < 1.29 is 52.5 Å². The Bertz CT molecular complexity index is 364. The van der Waals surface area contributed by atoms with Crippen molar-refractivity contribution in [2.45, 2.75) is 6.42 Å². The molecule has 0 saturated heterocycles. The molecule has 0 radical (unpaired) electrons. The standard InChI is InChI=1S/C20H40O11.ClH/c1-23-4-5-25-8-9-27-12-13-29-16-17-31-19-18-30-15-14-28-11-10-26-7-6-24-3-2-20(21)22;/h2-19H2,1H3,(H,21,22);1H. The van der Waals surface area contributed by atoms with Crippen molar-refractivity contribution in [2.75, 3.05) is 119 Å². The van der Waals surface area contributed by atoms with Crippen LogP contribution in [0.4, 0.5) is 0 Å². The van der Waals surface area contributed by atoms with E-state index < -0.39 is 5.97 Å². The first-order valence-electron chi connectivity index (χ1n) is 10.6. The van der Waals surface area contributed by atoms with Gasteiger partial charge in [0.25, 0.3) is 0 Å². The highest BCUT2D eigenvalue weighted by Gasteiger charge is 1.97. The number of aliphatic carboxylic acids is 1. The summed E-state index contributed by atoms with van der Waals surface area (Å²) in [4.78, 5) is 10.3. The molecule has 0 atom stereocenters. The van der Waals surface area contributed by atoms with Crippen molar-refractivity contribution in [1.82, 2.24) is 0 Å². The van der Waals surface area contributed by atoms with E-state index in [1.807, 2.05) is 0 Å². The van der Waals surface area contributed by atoms with Crippen LogP contribution in [-0.4, -0.2) is 131 Å². The van der Waals surface area contributed by atoms with Crippen LogP contribution in [0.25, 0.3) is 0 Å². The van der Waals surface area contributed by atoms with Crippen molar-refractivity contribution in [1.29, 1.82) is 0 Å². The second-order valence-electron chi connectivity index (χ2n) is 6.04. The zero-order valence-corrected chi connectivity index (χ0v) is 20.0. The Morgan fingerprint density at radius 2 is 0.688 bits per heavy atom. The molecular formula is C20H41ClO11. The minimum Gasteiger partial charge on any atom is -0.481 e. The highest BCUT2D eigenvalue weighted by molar-refractivity contribution is 5.85. The molecule has 0 saturated carbocycles. The predicted octanol–water partition coefficient (Wildman–Crippen LogP) is 0.662. The molecule has 0 aromatic rings. The maximum absolute atomic E-state index is 10.3. The molecule has 1 N–H and O–H groups in total. The van der Waals surface area contributed by atoms with E-state index in [-0.39, 0.29) is 25.4 Å². The second kappa shape index (κ2) is 30.4. The van der Waals surface area contributed by atoms with Gasteiger partial charge in [0.15, 0.2) is 0 Å². The zero-order chi connectivity index (χ0) is 22.7. The largest absolute Gasteiger partial charge is 0.481 e. The minimum absolute atomic E-state index is 0. The first kappa shape index (κ1) is 33.6. The summed E-state index contributed by atoms with van der Waals surface area (Å²) in [6, 6.07) is 0. The Morgan fingerprint density at radius 3 is 0.906 bits per heavy atom. The Morgan fingerprint density at radius 1 is 0.469 bits per heavy atom. The first-order valence-corrected chi connectivity index (χ1v) is 10.6. The van der Waals surface area contributed by atoms with Gasteiger partial charge in [-0.25, -0.2) is 0 Å². The van der Waals surface area contributed by atoms with Crippen molar-refractivity contribution >= 4 is 18.4 Å². The van der Waals surface area contributed by atoms with E-state index in [0.29, 0.717) is 106 Å². The van der Waals surface area contributed by atoms with E-state index in [9.17, 15) is 4.79 Å². The summed E-state index contributed by atoms with van der Waals surface area (Å²) in [6.07, 6.45) is 0.00441. The lowest BCUT2D eigenvalue weighted by Crippen LogP contribution is -2.15. The van der Waals surface area contributed by atoms with Gasteiger partial charge in [-0.05, 0) is 0 Å². The van der Waals surface area contributed by atoms with Gasteiger partial charge in [-0.2, -0.15) is 0 Å². The van der Waals surface area contributed by atoms with Gasteiger partial charge in [0.05, 0.1) is 119 Å². The fourth-order valence-corrected chi connectivity index (χ4v) is 1.94. The van der Waals surface area contributed by atoms with E-state index in [0.717, 1.165) is 0 Å². The normalized spacial score (nSPS) is 10.9. The maximum Gasteiger partial charge on any atom is 0.305 e. The molecule has 0 aliphatic heterocycles. The summed E-state index contributed by atoms with van der Waals surface area (Å²) in [6.45, 7) is 8.24. The number of halogens is 1. The number of carboxylic acids is 1. The van der Waals surface area contributed by atoms with Crippen LogP contribution < -0.4 is 0 Å². The number of hydrogen-bond acceptors (Lipinski definition) is 10. The molecule has 0 unspecified atom stereocenters. The summed E-state index contributed by atoms with van der Waals surface area (Å²) in [5.41, 5.74) is 0. The maximum atomic E-state index is 10.3. The smallest absolute Gasteiger partial charge is 0.305 e. The van der Waals surface area contributed by atoms with Gasteiger partial charge < -0.3 is 47.7 Å². The van der Waals surface area contributed by atoms with E-state index in [1.54, 1.807) is 7.11 Å². The van der Waals surface area contributed by atoms with Gasteiger partial charge in [-0.1, -0.05) is 0 Å². The average Bonchev–Trinajstić information content (AvgIpc) is 2.76. The van der Waals surface area contributed by atoms with Crippen LogP contribution in [0.2, 0.25) is 0 Å². The van der Waals surface area contributed by atoms with Crippen LogP contribution in [0.1, 0.15) is 6.42 Å². The topological polar surface area (TPSA) is 120 Å². The lowest BCUT2D eigenvalue weighted by Gasteiger charge is -2.08. The van der Waals surface area contributed by atoms with Crippen LogP contribution in [0, 0.1) is 0 Å². The van der Waals surface area contributed by atoms with Crippen LogP contribution in [0.15, 0.2) is 0 Å². The van der Waals surface area contributed by atoms with Crippen molar-refractivity contribution in [2.24, 2.45) is 0 Å². The van der Waals surface area contributed by atoms with Gasteiger partial charge in [0.1, 0.15) is 0 Å². The number of methoxy groups -OCH3 is 1. The lowest BCUT2D eigenvalue weighted by atomic mass is 10.5. The molecule has 0 spiro atoms. The number of hydrogen-bond donors (Lipinski definition) is 1. The monoisotopic (exact) mass is 492 g/mol. The number of ether oxygens (including phenoxy) is 9. The van der Waals surface area contributed by atoms with Gasteiger partial charge in [-0.3, -0.25) is 4.79 Å². The third-order valence-corrected chi connectivity index (χ3v) is 3.50. The molecule has 0 bridgehead atoms. The lowest BCUT2D eigenvalue weighted by molar-refractivity contribution is -0.138. The quantitative estimate of drug-likeness (QED) is 0.163. The van der Waals surface area contributed by atoms with Crippen LogP contribution in [0.3, 0.4) is 0 Å². The number of carboxylic acid groups (broad SMARTS) is 1. The van der Waals surface area contributed by atoms with Gasteiger partial charge >= 0.3 is 5.97 Å². The summed E-state index contributed by atoms with van der Waals surface area (Å²) in [7, 11) is 1.64. The molecule has 0 aromatic heterocycles. The molecule has 11 nitrogen and oxygen atoms in total. The zero-order valence-electron chi connectivity index (χ0n) is 19.2. The number of rotatable bonds is 27. The van der Waals surface area contributed by atoms with E-state index in [4.69, 9.17) is 47.7 Å². The molecule has 194 valence electrons. The SMILES string of the molecule is COCCOCCOCCOCCOCCOCCOCCOCCOCCC(=O)O.Cl. The Hall–Kier alpha value is -0.600. The fourth-order valence-electron chi connectivity index (χ4n) is 1.94. The van der Waals surface area contributed by atoms with Crippen molar-refractivity contribution in [3.05, 3.63) is 0 Å². The Balaban J connectivity index is 0. The van der Waals surface area contributed by atoms with Crippen molar-refractivity contribution in [3.8, 4) is 0 Å². The molecule has 0 amide bonds. The third-order valence-electron chi connectivity index (χ3n) is 3.50. The van der Waals surface area contributed by atoms with Gasteiger partial charge in [0.2, 0.25) is 0 Å². The summed E-state index contributed by atoms with van der Waals surface area (Å²) in [5.74, 6) is -0.870. The van der Waals surface area contributed by atoms with Crippen molar-refractivity contribution in [3.63, 3.8) is 0 Å². The summed E-state index contributed by atoms with van der Waals surface area (Å²) < 4.78 is 47.4. The molecule has 0 aliphatic rings. The van der Waals surface area contributed by atoms with Gasteiger partial charge in [-0.15, -0.1) is 12.4 Å². The van der Waals surface area contributed by atoms with E-state index in [2.05, 4.69) is 0 Å². The average molecular weight is 493 g/mol. The molecule has 0 aliphatic carbocycles. The molecule has 0 fully saturated rings. The van der Waals surface area contributed by atoms with Crippen LogP contribution in [0.5, 0.6) is 0 Å². The molecule has 0 heterocycles. The molecule has 0 aromatic carbocycles. The minimum atomic E-state index is -0.870. The molecular weight excluding hydrogens is 452 g/mol. The fraction of sp³-hybridized carbons (Fsp3) is 0.950. The highest BCUT2D eigenvalue weighted by atomic mass is 35.5. The molecule has 32 heavy (non-hydrogen) atoms. The predicted molar refractivity (Wildman–Crippen MR) is 118 cm³/mol. The Labute approximate surface area is 197 Å². The van der Waals surface area contributed by atoms with Crippen LogP contribution in [-0.2, 0) is 47.4 Å². The van der Waals surface area contributed by atoms with E-state index >= 15 is 0 Å². The summed E-state index contributed by atoms with van der Waals surface area (Å²) in [5, 5.41) is 8.44. The highest BCUT2D eigenvalue weighted by Crippen LogP contribution is 1.86. The molecule has 12 heteroatoms. The second-order valence-corrected chi connectivity index (χ2v) is 6.04. The first-order chi connectivity index (χ1) is 15.3. The third kappa shape index (κ3) is 31.6. The van der Waals surface area contributed by atoms with E-state index in [1.165, 1.54) is 0 Å². The van der Waals surface area contributed by atoms with Gasteiger partial charge in [0, 0.05) is 7.11 Å².